The largest absolute Gasteiger partial charge is 0.491 e. The van der Waals surface area contributed by atoms with Crippen LogP contribution >= 0.6 is 0 Å². The molecule has 2 aromatic heterocycles. The molecule has 0 aliphatic rings. The Bertz CT molecular complexity index is 413. The van der Waals surface area contributed by atoms with E-state index in [1.807, 2.05) is 0 Å². The van der Waals surface area contributed by atoms with E-state index in [1.165, 1.54) is 13.3 Å². The van der Waals surface area contributed by atoms with Crippen molar-refractivity contribution in [2.75, 3.05) is 7.11 Å². The van der Waals surface area contributed by atoms with E-state index in [0.717, 1.165) is 6.39 Å². The van der Waals surface area contributed by atoms with Gasteiger partial charge < -0.3 is 9.15 Å². The van der Waals surface area contributed by atoms with Crippen molar-refractivity contribution in [2.24, 2.45) is 0 Å². The first-order chi connectivity index (χ1) is 5.83. The number of aromatic nitrogens is 2. The van der Waals surface area contributed by atoms with E-state index in [-0.39, 0.29) is 11.1 Å². The minimum Gasteiger partial charge on any atom is -0.491 e. The van der Waals surface area contributed by atoms with Crippen LogP contribution in [-0.2, 0) is 0 Å². The van der Waals surface area contributed by atoms with Gasteiger partial charge in [0.25, 0.3) is 0 Å². The number of hydrogen-bond donors (Lipinski definition) is 0. The molecule has 0 saturated carbocycles. The number of rotatable bonds is 1. The zero-order valence-corrected chi connectivity index (χ0v) is 6.24. The molecule has 0 radical (unpaired) electrons. The molecule has 0 amide bonds. The molecule has 12 heavy (non-hydrogen) atoms. The molecule has 5 heteroatoms. The smallest absolute Gasteiger partial charge is 0.243 e. The maximum absolute atomic E-state index is 12.8. The fourth-order valence-electron chi connectivity index (χ4n) is 0.948. The zero-order chi connectivity index (χ0) is 8.55. The van der Waals surface area contributed by atoms with E-state index in [4.69, 9.17) is 9.15 Å². The van der Waals surface area contributed by atoms with Crippen molar-refractivity contribution in [1.82, 2.24) is 9.97 Å². The molecule has 0 aliphatic heterocycles. The summed E-state index contributed by atoms with van der Waals surface area (Å²) in [6.45, 7) is 0. The maximum atomic E-state index is 12.8. The number of fused-ring (bicyclic) bond motifs is 1. The molecule has 0 atom stereocenters. The van der Waals surface area contributed by atoms with Crippen molar-refractivity contribution in [2.45, 2.75) is 0 Å². The molecule has 4 nitrogen and oxygen atoms in total. The van der Waals surface area contributed by atoms with Gasteiger partial charge in [0.15, 0.2) is 17.7 Å². The van der Waals surface area contributed by atoms with E-state index >= 15 is 0 Å². The molecular formula is C7H5FN2O2. The normalized spacial score (nSPS) is 10.5. The van der Waals surface area contributed by atoms with Gasteiger partial charge in [-0.25, -0.2) is 9.97 Å². The first-order valence-electron chi connectivity index (χ1n) is 3.24. The number of oxazole rings is 1. The molecule has 2 aromatic rings. The second-order valence-electron chi connectivity index (χ2n) is 2.15. The molecule has 0 unspecified atom stereocenters. The summed E-state index contributed by atoms with van der Waals surface area (Å²) in [5.74, 6) is -0.275. The Hall–Kier alpha value is -1.65. The third kappa shape index (κ3) is 0.827. The number of ether oxygens (including phenoxy) is 1. The van der Waals surface area contributed by atoms with Gasteiger partial charge in [-0.2, -0.15) is 4.39 Å². The molecule has 0 N–H and O–H groups in total. The Morgan fingerprint density at radius 3 is 3.08 bits per heavy atom. The lowest BCUT2D eigenvalue weighted by atomic mass is 10.4. The van der Waals surface area contributed by atoms with Crippen LogP contribution < -0.4 is 4.74 Å². The summed E-state index contributed by atoms with van der Waals surface area (Å²) in [5.41, 5.74) is 0.374. The highest BCUT2D eigenvalue weighted by molar-refractivity contribution is 5.77. The second-order valence-corrected chi connectivity index (χ2v) is 2.15. The summed E-state index contributed by atoms with van der Waals surface area (Å²) in [6.07, 6.45) is 2.40. The van der Waals surface area contributed by atoms with E-state index in [2.05, 4.69) is 9.97 Å². The quantitative estimate of drug-likeness (QED) is 0.603. The van der Waals surface area contributed by atoms with Gasteiger partial charge in [0.05, 0.1) is 13.3 Å². The minimum atomic E-state index is -0.653. The summed E-state index contributed by atoms with van der Waals surface area (Å²) in [7, 11) is 1.46. The summed E-state index contributed by atoms with van der Waals surface area (Å²) in [5, 5.41) is 0. The van der Waals surface area contributed by atoms with Crippen LogP contribution in [0, 0.1) is 5.95 Å². The van der Waals surface area contributed by atoms with Gasteiger partial charge in [0.2, 0.25) is 11.5 Å². The van der Waals surface area contributed by atoms with Crippen molar-refractivity contribution < 1.29 is 13.5 Å². The third-order valence-electron chi connectivity index (χ3n) is 1.50. The lowest BCUT2D eigenvalue weighted by Gasteiger charge is -1.97. The predicted octanol–water partition coefficient (Wildman–Crippen LogP) is 1.37. The highest BCUT2D eigenvalue weighted by atomic mass is 19.1. The molecule has 0 fully saturated rings. The molecule has 0 aliphatic carbocycles. The molecule has 2 rings (SSSR count). The number of hydrogen-bond acceptors (Lipinski definition) is 4. The van der Waals surface area contributed by atoms with Gasteiger partial charge in [-0.3, -0.25) is 0 Å². The zero-order valence-electron chi connectivity index (χ0n) is 6.24. The van der Waals surface area contributed by atoms with Gasteiger partial charge in [-0.05, 0) is 0 Å². The maximum Gasteiger partial charge on any atom is 0.243 e. The Kier molecular flexibility index (Phi) is 1.43. The molecule has 0 bridgehead atoms. The van der Waals surface area contributed by atoms with E-state index in [9.17, 15) is 4.39 Å². The summed E-state index contributed by atoms with van der Waals surface area (Å²) in [6, 6.07) is 0. The third-order valence-corrected chi connectivity index (χ3v) is 1.50. The number of pyridine rings is 1. The topological polar surface area (TPSA) is 48.2 Å². The van der Waals surface area contributed by atoms with E-state index in [1.54, 1.807) is 0 Å². The van der Waals surface area contributed by atoms with Gasteiger partial charge in [-0.1, -0.05) is 0 Å². The second kappa shape index (κ2) is 2.44. The summed E-state index contributed by atoms with van der Waals surface area (Å²) >= 11 is 0. The predicted molar refractivity (Wildman–Crippen MR) is 38.3 cm³/mol. The standard InChI is InChI=1S/C7H5FN2O2/c1-11-4-2-9-7(8)5-6(4)12-3-10-5/h2-3H,1H3. The summed E-state index contributed by atoms with van der Waals surface area (Å²) < 4.78 is 22.6. The van der Waals surface area contributed by atoms with Crippen LogP contribution in [0.1, 0.15) is 0 Å². The van der Waals surface area contributed by atoms with Gasteiger partial charge >= 0.3 is 0 Å². The number of halogens is 1. The molecule has 0 spiro atoms. The van der Waals surface area contributed by atoms with Gasteiger partial charge in [0.1, 0.15) is 0 Å². The lowest BCUT2D eigenvalue weighted by Crippen LogP contribution is -1.89. The van der Waals surface area contributed by atoms with Crippen LogP contribution in [0.2, 0.25) is 0 Å². The van der Waals surface area contributed by atoms with Gasteiger partial charge in [0, 0.05) is 0 Å². The fourth-order valence-corrected chi connectivity index (χ4v) is 0.948. The minimum absolute atomic E-state index is 0.0920. The van der Waals surface area contributed by atoms with Crippen LogP contribution in [0.25, 0.3) is 11.1 Å². The van der Waals surface area contributed by atoms with Crippen LogP contribution in [0.15, 0.2) is 17.0 Å². The van der Waals surface area contributed by atoms with Crippen molar-refractivity contribution >= 4 is 11.1 Å². The average Bonchev–Trinajstić information content (AvgIpc) is 2.54. The molecular weight excluding hydrogens is 163 g/mol. The summed E-state index contributed by atoms with van der Waals surface area (Å²) in [4.78, 5) is 7.08. The highest BCUT2D eigenvalue weighted by Crippen LogP contribution is 2.24. The van der Waals surface area contributed by atoms with Crippen LogP contribution in [-0.4, -0.2) is 17.1 Å². The van der Waals surface area contributed by atoms with E-state index < -0.39 is 5.95 Å². The average molecular weight is 168 g/mol. The highest BCUT2D eigenvalue weighted by Gasteiger charge is 2.11. The molecule has 2 heterocycles. The first kappa shape index (κ1) is 7.02. The number of nitrogens with zero attached hydrogens (tertiary/aromatic N) is 2. The fraction of sp³-hybridized carbons (Fsp3) is 0.143. The van der Waals surface area contributed by atoms with E-state index in [0.29, 0.717) is 5.75 Å². The first-order valence-corrected chi connectivity index (χ1v) is 3.24. The van der Waals surface area contributed by atoms with Gasteiger partial charge in [-0.15, -0.1) is 0 Å². The van der Waals surface area contributed by atoms with Crippen LogP contribution in [0.5, 0.6) is 5.75 Å². The van der Waals surface area contributed by atoms with Crippen LogP contribution in [0.3, 0.4) is 0 Å². The number of methoxy groups -OCH3 is 1. The Labute approximate surface area is 67.0 Å². The SMILES string of the molecule is COc1cnc(F)c2ncoc12. The molecule has 0 aromatic carbocycles. The Morgan fingerprint density at radius 2 is 2.33 bits per heavy atom. The molecule has 62 valence electrons. The van der Waals surface area contributed by atoms with Crippen molar-refractivity contribution in [1.29, 1.82) is 0 Å². The lowest BCUT2D eigenvalue weighted by molar-refractivity contribution is 0.406. The molecule has 0 saturated heterocycles. The Balaban J connectivity index is 2.82. The van der Waals surface area contributed by atoms with Crippen molar-refractivity contribution in [3.05, 3.63) is 18.5 Å². The monoisotopic (exact) mass is 168 g/mol. The van der Waals surface area contributed by atoms with Crippen molar-refractivity contribution in [3.8, 4) is 5.75 Å². The Morgan fingerprint density at radius 1 is 1.50 bits per heavy atom. The van der Waals surface area contributed by atoms with Crippen LogP contribution in [0.4, 0.5) is 4.39 Å². The van der Waals surface area contributed by atoms with Crippen molar-refractivity contribution in [3.63, 3.8) is 0 Å².